The predicted octanol–water partition coefficient (Wildman–Crippen LogP) is 1.78. The zero-order valence-corrected chi connectivity index (χ0v) is 11.7. The molecule has 0 aromatic carbocycles. The van der Waals surface area contributed by atoms with Crippen LogP contribution in [-0.2, 0) is 6.54 Å². The van der Waals surface area contributed by atoms with E-state index in [9.17, 15) is 0 Å². The smallest absolute Gasteiger partial charge is 0.0535 e. The van der Waals surface area contributed by atoms with Crippen LogP contribution in [0.3, 0.4) is 0 Å². The van der Waals surface area contributed by atoms with Crippen LogP contribution in [0.5, 0.6) is 0 Å². The summed E-state index contributed by atoms with van der Waals surface area (Å²) in [4.78, 5) is 2.24. The Bertz CT molecular complexity index is 307. The third kappa shape index (κ3) is 5.33. The van der Waals surface area contributed by atoms with E-state index >= 15 is 0 Å². The van der Waals surface area contributed by atoms with Crippen molar-refractivity contribution in [3.8, 4) is 0 Å². The van der Waals surface area contributed by atoms with Gasteiger partial charge in [0.2, 0.25) is 0 Å². The van der Waals surface area contributed by atoms with Gasteiger partial charge in [0.15, 0.2) is 0 Å². The van der Waals surface area contributed by atoms with Crippen molar-refractivity contribution in [1.82, 2.24) is 20.4 Å². The minimum Gasteiger partial charge on any atom is -0.309 e. The molecule has 0 aliphatic carbocycles. The lowest BCUT2D eigenvalue weighted by atomic mass is 10.0. The van der Waals surface area contributed by atoms with E-state index < -0.39 is 0 Å². The number of nitrogens with one attached hydrogen (secondary N) is 2. The third-order valence-corrected chi connectivity index (χ3v) is 2.86. The van der Waals surface area contributed by atoms with Crippen molar-refractivity contribution < 1.29 is 0 Å². The summed E-state index contributed by atoms with van der Waals surface area (Å²) in [5, 5.41) is 10.6. The molecule has 0 bridgehead atoms. The molecule has 0 aliphatic rings. The average Bonchev–Trinajstić information content (AvgIpc) is 2.59. The number of aromatic amines is 1. The minimum absolute atomic E-state index is 0.541. The largest absolute Gasteiger partial charge is 0.309 e. The molecule has 1 aromatic heterocycles. The van der Waals surface area contributed by atoms with Crippen LogP contribution in [0.2, 0.25) is 0 Å². The van der Waals surface area contributed by atoms with Gasteiger partial charge in [0, 0.05) is 30.4 Å². The van der Waals surface area contributed by atoms with Gasteiger partial charge in [-0.1, -0.05) is 13.8 Å². The van der Waals surface area contributed by atoms with Crippen LogP contribution in [0, 0.1) is 12.8 Å². The quantitative estimate of drug-likeness (QED) is 0.761. The average molecular weight is 238 g/mol. The van der Waals surface area contributed by atoms with Crippen LogP contribution in [-0.4, -0.2) is 41.8 Å². The first-order valence-corrected chi connectivity index (χ1v) is 6.36. The zero-order valence-electron chi connectivity index (χ0n) is 11.7. The van der Waals surface area contributed by atoms with E-state index in [2.05, 4.69) is 55.3 Å². The number of likely N-dealkylation sites (N-methyl/N-ethyl adjacent to an activating group) is 1. The second-order valence-corrected chi connectivity index (χ2v) is 5.49. The molecule has 0 spiro atoms. The van der Waals surface area contributed by atoms with E-state index in [0.29, 0.717) is 6.04 Å². The van der Waals surface area contributed by atoms with Crippen LogP contribution >= 0.6 is 0 Å². The van der Waals surface area contributed by atoms with Crippen LogP contribution in [0.25, 0.3) is 0 Å². The fourth-order valence-corrected chi connectivity index (χ4v) is 2.04. The molecule has 98 valence electrons. The van der Waals surface area contributed by atoms with Gasteiger partial charge < -0.3 is 10.2 Å². The van der Waals surface area contributed by atoms with E-state index in [0.717, 1.165) is 24.7 Å². The van der Waals surface area contributed by atoms with Crippen molar-refractivity contribution in [3.05, 3.63) is 17.5 Å². The topological polar surface area (TPSA) is 44.0 Å². The third-order valence-electron chi connectivity index (χ3n) is 2.86. The summed E-state index contributed by atoms with van der Waals surface area (Å²) < 4.78 is 0. The molecule has 0 radical (unpaired) electrons. The molecule has 1 atom stereocenters. The van der Waals surface area contributed by atoms with E-state index in [1.54, 1.807) is 0 Å². The second-order valence-electron chi connectivity index (χ2n) is 5.49. The van der Waals surface area contributed by atoms with Crippen LogP contribution in [0.1, 0.15) is 31.5 Å². The van der Waals surface area contributed by atoms with Crippen LogP contribution in [0.4, 0.5) is 0 Å². The summed E-state index contributed by atoms with van der Waals surface area (Å²) in [5.74, 6) is 0.720. The first kappa shape index (κ1) is 14.2. The summed E-state index contributed by atoms with van der Waals surface area (Å²) in [6.45, 7) is 8.58. The van der Waals surface area contributed by atoms with E-state index in [-0.39, 0.29) is 0 Å². The molecule has 17 heavy (non-hydrogen) atoms. The van der Waals surface area contributed by atoms with Gasteiger partial charge in [0.05, 0.1) is 6.20 Å². The molecule has 1 aromatic rings. The maximum absolute atomic E-state index is 4.05. The highest BCUT2D eigenvalue weighted by atomic mass is 15.1. The summed E-state index contributed by atoms with van der Waals surface area (Å²) in [6.07, 6.45) is 3.11. The van der Waals surface area contributed by atoms with Gasteiger partial charge in [-0.25, -0.2) is 0 Å². The first-order chi connectivity index (χ1) is 7.99. The Labute approximate surface area is 105 Å². The van der Waals surface area contributed by atoms with Gasteiger partial charge in [-0.3, -0.25) is 5.10 Å². The van der Waals surface area contributed by atoms with Crippen LogP contribution in [0.15, 0.2) is 6.20 Å². The molecule has 0 aliphatic heterocycles. The number of H-pyrrole nitrogens is 1. The monoisotopic (exact) mass is 238 g/mol. The summed E-state index contributed by atoms with van der Waals surface area (Å²) in [5.41, 5.74) is 2.42. The van der Waals surface area contributed by atoms with Crippen molar-refractivity contribution in [2.45, 2.75) is 39.8 Å². The van der Waals surface area contributed by atoms with Gasteiger partial charge in [-0.2, -0.15) is 5.10 Å². The SMILES string of the molecule is Cc1[nH]ncc1CNC(CC(C)C)CN(C)C. The van der Waals surface area contributed by atoms with E-state index in [1.807, 2.05) is 6.20 Å². The van der Waals surface area contributed by atoms with Crippen molar-refractivity contribution >= 4 is 0 Å². The summed E-state index contributed by atoms with van der Waals surface area (Å²) >= 11 is 0. The molecule has 1 unspecified atom stereocenters. The van der Waals surface area contributed by atoms with Gasteiger partial charge in [0.25, 0.3) is 0 Å². The molecule has 1 rings (SSSR count). The number of hydrogen-bond donors (Lipinski definition) is 2. The molecule has 4 heteroatoms. The Balaban J connectivity index is 2.45. The summed E-state index contributed by atoms with van der Waals surface area (Å²) in [6, 6.07) is 0.541. The Morgan fingerprint density at radius 1 is 1.41 bits per heavy atom. The Morgan fingerprint density at radius 3 is 2.59 bits per heavy atom. The van der Waals surface area contributed by atoms with Gasteiger partial charge in [0.1, 0.15) is 0 Å². The molecule has 4 nitrogen and oxygen atoms in total. The maximum Gasteiger partial charge on any atom is 0.0535 e. The number of aromatic nitrogens is 2. The van der Waals surface area contributed by atoms with Gasteiger partial charge >= 0.3 is 0 Å². The molecule has 0 amide bonds. The van der Waals surface area contributed by atoms with Gasteiger partial charge in [-0.05, 0) is 33.4 Å². The second kappa shape index (κ2) is 6.77. The Hall–Kier alpha value is -0.870. The van der Waals surface area contributed by atoms with Crippen molar-refractivity contribution in [1.29, 1.82) is 0 Å². The number of nitrogens with zero attached hydrogens (tertiary/aromatic N) is 2. The van der Waals surface area contributed by atoms with E-state index in [1.165, 1.54) is 12.0 Å². The molecule has 1 heterocycles. The Kier molecular flexibility index (Phi) is 5.65. The normalized spacial score (nSPS) is 13.6. The fraction of sp³-hybridized carbons (Fsp3) is 0.769. The number of hydrogen-bond acceptors (Lipinski definition) is 3. The minimum atomic E-state index is 0.541. The lowest BCUT2D eigenvalue weighted by Gasteiger charge is -2.24. The predicted molar refractivity (Wildman–Crippen MR) is 72.0 cm³/mol. The maximum atomic E-state index is 4.05. The highest BCUT2D eigenvalue weighted by Crippen LogP contribution is 2.08. The molecular formula is C13H26N4. The highest BCUT2D eigenvalue weighted by Gasteiger charge is 2.12. The Morgan fingerprint density at radius 2 is 2.12 bits per heavy atom. The molecule has 0 saturated heterocycles. The standard InChI is InChI=1S/C13H26N4/c1-10(2)6-13(9-17(4)5)14-7-12-8-15-16-11(12)3/h8,10,13-14H,6-7,9H2,1-5H3,(H,15,16). The molecule has 2 N–H and O–H groups in total. The molecular weight excluding hydrogens is 212 g/mol. The number of aryl methyl sites for hydroxylation is 1. The lowest BCUT2D eigenvalue weighted by Crippen LogP contribution is -2.38. The molecule has 0 saturated carbocycles. The van der Waals surface area contributed by atoms with E-state index in [4.69, 9.17) is 0 Å². The molecule has 0 fully saturated rings. The van der Waals surface area contributed by atoms with Gasteiger partial charge in [-0.15, -0.1) is 0 Å². The van der Waals surface area contributed by atoms with Crippen molar-refractivity contribution in [3.63, 3.8) is 0 Å². The summed E-state index contributed by atoms with van der Waals surface area (Å²) in [7, 11) is 4.25. The first-order valence-electron chi connectivity index (χ1n) is 6.36. The highest BCUT2D eigenvalue weighted by molar-refractivity contribution is 5.13. The fourth-order valence-electron chi connectivity index (χ4n) is 2.04. The van der Waals surface area contributed by atoms with Crippen molar-refractivity contribution in [2.24, 2.45) is 5.92 Å². The zero-order chi connectivity index (χ0) is 12.8. The lowest BCUT2D eigenvalue weighted by molar-refractivity contribution is 0.305. The van der Waals surface area contributed by atoms with Crippen LogP contribution < -0.4 is 5.32 Å². The number of rotatable bonds is 7. The van der Waals surface area contributed by atoms with Crippen molar-refractivity contribution in [2.75, 3.05) is 20.6 Å².